The highest BCUT2D eigenvalue weighted by atomic mass is 35.5. The van der Waals surface area contributed by atoms with Crippen LogP contribution in [0, 0.1) is 0 Å². The molecule has 0 saturated carbocycles. The molecule has 4 heterocycles. The van der Waals surface area contributed by atoms with Crippen LogP contribution in [0.5, 0.6) is 0 Å². The minimum absolute atomic E-state index is 0.319. The summed E-state index contributed by atoms with van der Waals surface area (Å²) in [7, 11) is 0. The third kappa shape index (κ3) is 3.88. The van der Waals surface area contributed by atoms with Crippen molar-refractivity contribution in [1.29, 1.82) is 0 Å². The van der Waals surface area contributed by atoms with Gasteiger partial charge in [-0.2, -0.15) is 4.98 Å². The number of benzene rings is 1. The van der Waals surface area contributed by atoms with Crippen LogP contribution in [0.3, 0.4) is 0 Å². The third-order valence-electron chi connectivity index (χ3n) is 4.19. The smallest absolute Gasteiger partial charge is 0.274 e. The monoisotopic (exact) mass is 396 g/mol. The van der Waals surface area contributed by atoms with Gasteiger partial charge in [0.2, 0.25) is 12.2 Å². The molecule has 0 bridgehead atoms. The molecule has 0 radical (unpaired) electrons. The lowest BCUT2D eigenvalue weighted by Gasteiger charge is -2.09. The number of carbonyl (C=O) groups is 1. The van der Waals surface area contributed by atoms with Gasteiger partial charge in [-0.3, -0.25) is 9.20 Å². The van der Waals surface area contributed by atoms with Crippen molar-refractivity contribution in [3.8, 4) is 11.4 Å². The van der Waals surface area contributed by atoms with Crippen LogP contribution in [-0.4, -0.2) is 38.5 Å². The Labute approximate surface area is 165 Å². The quantitative estimate of drug-likeness (QED) is 0.551. The van der Waals surface area contributed by atoms with E-state index in [1.807, 2.05) is 18.2 Å². The number of hydrogen-bond acceptors (Lipinski definition) is 6. The minimum atomic E-state index is -0.319. The Balaban J connectivity index is 0.000000429. The Morgan fingerprint density at radius 2 is 2.04 bits per heavy atom. The molecule has 1 aliphatic rings. The molecule has 1 fully saturated rings. The summed E-state index contributed by atoms with van der Waals surface area (Å²) in [5.41, 5.74) is 2.23. The fourth-order valence-corrected chi connectivity index (χ4v) is 2.69. The predicted molar refractivity (Wildman–Crippen MR) is 105 cm³/mol. The first-order chi connectivity index (χ1) is 13.7. The summed E-state index contributed by atoms with van der Waals surface area (Å²) in [6.07, 6.45) is 5.91. The zero-order valence-corrected chi connectivity index (χ0v) is 15.6. The normalized spacial score (nSPS) is 12.8. The van der Waals surface area contributed by atoms with Crippen LogP contribution >= 0.6 is 11.6 Å². The molecule has 0 unspecified atom stereocenters. The van der Waals surface area contributed by atoms with Crippen molar-refractivity contribution in [2.75, 3.05) is 18.4 Å². The molecule has 4 aromatic rings. The molecule has 8 nitrogen and oxygen atoms in total. The first kappa shape index (κ1) is 18.1. The van der Waals surface area contributed by atoms with Crippen molar-refractivity contribution >= 4 is 28.8 Å². The highest BCUT2D eigenvalue weighted by Crippen LogP contribution is 2.27. The summed E-state index contributed by atoms with van der Waals surface area (Å²) in [6, 6.07) is 10.6. The van der Waals surface area contributed by atoms with Gasteiger partial charge >= 0.3 is 0 Å². The van der Waals surface area contributed by atoms with E-state index >= 15 is 0 Å². The number of carbonyl (C=O) groups excluding carboxylic acids is 1. The summed E-state index contributed by atoms with van der Waals surface area (Å²) in [5.74, 6) is 0.0952. The number of nitrogens with zero attached hydrogens (tertiary/aromatic N) is 4. The molecular weight excluding hydrogens is 380 g/mol. The fraction of sp³-hybridized carbons (Fsp3) is 0.158. The standard InChI is InChI=1S/C16H10ClN5O2.C3H7N/c17-11-5-4-10(15-19-9-24-21-15)7-12(11)20-16(23)13-8-18-14-3-1-2-6-22(13)14;1-2-4-3-1/h1-9H,(H,20,23);4H,1-3H2. The summed E-state index contributed by atoms with van der Waals surface area (Å²) in [4.78, 5) is 20.7. The Hall–Kier alpha value is -3.23. The molecule has 5 rings (SSSR count). The number of imidazole rings is 1. The molecule has 9 heteroatoms. The second kappa shape index (κ2) is 8.20. The van der Waals surface area contributed by atoms with Crippen LogP contribution in [0.2, 0.25) is 5.02 Å². The number of rotatable bonds is 3. The van der Waals surface area contributed by atoms with Crippen LogP contribution in [-0.2, 0) is 0 Å². The second-order valence-corrected chi connectivity index (χ2v) is 6.49. The zero-order chi connectivity index (χ0) is 19.3. The topological polar surface area (TPSA) is 97.3 Å². The van der Waals surface area contributed by atoms with Gasteiger partial charge in [0.25, 0.3) is 5.91 Å². The van der Waals surface area contributed by atoms with Crippen LogP contribution in [0.4, 0.5) is 5.69 Å². The molecule has 1 aliphatic heterocycles. The van der Waals surface area contributed by atoms with Gasteiger partial charge in [0, 0.05) is 11.8 Å². The number of aromatic nitrogens is 4. The second-order valence-electron chi connectivity index (χ2n) is 6.08. The number of nitrogens with one attached hydrogen (secondary N) is 2. The Kier molecular flexibility index (Phi) is 5.31. The lowest BCUT2D eigenvalue weighted by atomic mass is 10.2. The average Bonchev–Trinajstić information content (AvgIpc) is 3.32. The van der Waals surface area contributed by atoms with E-state index in [0.717, 1.165) is 0 Å². The average molecular weight is 397 g/mol. The Bertz CT molecular complexity index is 1080. The van der Waals surface area contributed by atoms with Crippen molar-refractivity contribution in [2.45, 2.75) is 6.42 Å². The molecule has 1 amide bonds. The summed E-state index contributed by atoms with van der Waals surface area (Å²) in [5, 5.41) is 10.1. The minimum Gasteiger partial charge on any atom is -0.342 e. The van der Waals surface area contributed by atoms with Crippen LogP contribution in [0.1, 0.15) is 16.9 Å². The lowest BCUT2D eigenvalue weighted by Crippen LogP contribution is -2.29. The fourth-order valence-electron chi connectivity index (χ4n) is 2.52. The van der Waals surface area contributed by atoms with Gasteiger partial charge in [-0.25, -0.2) is 4.98 Å². The van der Waals surface area contributed by atoms with E-state index < -0.39 is 0 Å². The lowest BCUT2D eigenvalue weighted by molar-refractivity contribution is 0.102. The molecule has 142 valence electrons. The first-order valence-corrected chi connectivity index (χ1v) is 9.10. The highest BCUT2D eigenvalue weighted by Gasteiger charge is 2.14. The van der Waals surface area contributed by atoms with Crippen molar-refractivity contribution in [2.24, 2.45) is 0 Å². The molecule has 28 heavy (non-hydrogen) atoms. The van der Waals surface area contributed by atoms with Crippen molar-refractivity contribution in [3.63, 3.8) is 0 Å². The third-order valence-corrected chi connectivity index (χ3v) is 4.52. The molecule has 3 aromatic heterocycles. The maximum absolute atomic E-state index is 12.6. The number of anilines is 1. The van der Waals surface area contributed by atoms with Gasteiger partial charge in [-0.05, 0) is 49.8 Å². The Morgan fingerprint density at radius 3 is 2.75 bits per heavy atom. The maximum atomic E-state index is 12.6. The van der Waals surface area contributed by atoms with E-state index in [0.29, 0.717) is 33.4 Å². The van der Waals surface area contributed by atoms with E-state index in [2.05, 4.69) is 25.8 Å². The maximum Gasteiger partial charge on any atom is 0.274 e. The Morgan fingerprint density at radius 1 is 1.21 bits per heavy atom. The molecular formula is C19H17ClN6O2. The molecule has 0 aliphatic carbocycles. The number of hydrogen-bond donors (Lipinski definition) is 2. The number of amides is 1. The molecule has 0 atom stereocenters. The number of fused-ring (bicyclic) bond motifs is 1. The molecule has 1 aromatic carbocycles. The highest BCUT2D eigenvalue weighted by molar-refractivity contribution is 6.34. The van der Waals surface area contributed by atoms with Gasteiger partial charge in [0.1, 0.15) is 11.3 Å². The van der Waals surface area contributed by atoms with Crippen LogP contribution < -0.4 is 10.6 Å². The van der Waals surface area contributed by atoms with Crippen LogP contribution in [0.15, 0.2) is 59.7 Å². The van der Waals surface area contributed by atoms with Crippen molar-refractivity contribution in [1.82, 2.24) is 24.8 Å². The van der Waals surface area contributed by atoms with Crippen molar-refractivity contribution < 1.29 is 9.32 Å². The van der Waals surface area contributed by atoms with Crippen LogP contribution in [0.25, 0.3) is 17.0 Å². The van der Waals surface area contributed by atoms with Gasteiger partial charge in [0.15, 0.2) is 0 Å². The van der Waals surface area contributed by atoms with Gasteiger partial charge in [0.05, 0.1) is 16.9 Å². The summed E-state index contributed by atoms with van der Waals surface area (Å²) >= 11 is 6.18. The van der Waals surface area contributed by atoms with Gasteiger partial charge in [-0.15, -0.1) is 0 Å². The SMILES string of the molecule is C1CNC1.O=C(Nc1cc(-c2ncon2)ccc1Cl)c1cnc2ccccn12. The molecule has 0 spiro atoms. The summed E-state index contributed by atoms with van der Waals surface area (Å²) in [6.45, 7) is 2.50. The van der Waals surface area contributed by atoms with Gasteiger partial charge < -0.3 is 15.2 Å². The summed E-state index contributed by atoms with van der Waals surface area (Å²) < 4.78 is 6.43. The first-order valence-electron chi connectivity index (χ1n) is 8.73. The van der Waals surface area contributed by atoms with E-state index in [1.54, 1.807) is 28.8 Å². The van der Waals surface area contributed by atoms with E-state index in [-0.39, 0.29) is 5.91 Å². The predicted octanol–water partition coefficient (Wildman–Crippen LogP) is 3.27. The zero-order valence-electron chi connectivity index (χ0n) is 14.8. The van der Waals surface area contributed by atoms with Gasteiger partial charge in [-0.1, -0.05) is 22.8 Å². The molecule has 2 N–H and O–H groups in total. The van der Waals surface area contributed by atoms with E-state index in [9.17, 15) is 4.79 Å². The number of pyridine rings is 1. The largest absolute Gasteiger partial charge is 0.342 e. The van der Waals surface area contributed by atoms with E-state index in [1.165, 1.54) is 32.1 Å². The number of halogens is 1. The van der Waals surface area contributed by atoms with E-state index in [4.69, 9.17) is 16.1 Å². The molecule has 1 saturated heterocycles. The van der Waals surface area contributed by atoms with Crippen molar-refractivity contribution in [3.05, 3.63) is 65.9 Å².